The van der Waals surface area contributed by atoms with Gasteiger partial charge in [0.25, 0.3) is 0 Å². The van der Waals surface area contributed by atoms with Gasteiger partial charge >= 0.3 is 6.18 Å². The molecular formula is C13H20ClF3N4O. The van der Waals surface area contributed by atoms with Crippen LogP contribution in [-0.4, -0.2) is 35.0 Å². The van der Waals surface area contributed by atoms with E-state index in [1.807, 2.05) is 0 Å². The van der Waals surface area contributed by atoms with Crippen LogP contribution in [0.5, 0.6) is 0 Å². The smallest absolute Gasteiger partial charge is 0.323 e. The van der Waals surface area contributed by atoms with Crippen LogP contribution in [0.15, 0.2) is 12.4 Å². The van der Waals surface area contributed by atoms with Gasteiger partial charge in [-0.15, -0.1) is 12.4 Å². The monoisotopic (exact) mass is 340 g/mol. The van der Waals surface area contributed by atoms with Crippen LogP contribution in [-0.2, 0) is 11.3 Å². The Morgan fingerprint density at radius 3 is 2.73 bits per heavy atom. The summed E-state index contributed by atoms with van der Waals surface area (Å²) in [5, 5.41) is 9.42. The Hall–Kier alpha value is -1.28. The van der Waals surface area contributed by atoms with Gasteiger partial charge in [-0.2, -0.15) is 18.3 Å². The molecule has 126 valence electrons. The quantitative estimate of drug-likeness (QED) is 0.866. The Labute approximate surface area is 133 Å². The van der Waals surface area contributed by atoms with Crippen molar-refractivity contribution >= 4 is 24.0 Å². The SMILES string of the molecule is Cl.O=C(CCC1CCNCC1)Nc1cnn(CC(F)(F)F)c1. The van der Waals surface area contributed by atoms with E-state index in [0.717, 1.165) is 37.0 Å². The molecule has 1 aliphatic rings. The van der Waals surface area contributed by atoms with Gasteiger partial charge in [0.2, 0.25) is 5.91 Å². The molecule has 0 bridgehead atoms. The highest BCUT2D eigenvalue weighted by Crippen LogP contribution is 2.19. The lowest BCUT2D eigenvalue weighted by Crippen LogP contribution is -2.28. The largest absolute Gasteiger partial charge is 0.408 e. The Bertz CT molecular complexity index is 472. The van der Waals surface area contributed by atoms with Gasteiger partial charge in [-0.3, -0.25) is 9.48 Å². The molecule has 2 N–H and O–H groups in total. The summed E-state index contributed by atoms with van der Waals surface area (Å²) in [5.74, 6) is 0.366. The predicted octanol–water partition coefficient (Wildman–Crippen LogP) is 2.59. The van der Waals surface area contributed by atoms with Gasteiger partial charge in [0.1, 0.15) is 6.54 Å². The van der Waals surface area contributed by atoms with E-state index in [4.69, 9.17) is 0 Å². The van der Waals surface area contributed by atoms with E-state index >= 15 is 0 Å². The number of carbonyl (C=O) groups excluding carboxylic acids is 1. The van der Waals surface area contributed by atoms with Gasteiger partial charge in [0.05, 0.1) is 11.9 Å². The van der Waals surface area contributed by atoms with E-state index < -0.39 is 12.7 Å². The van der Waals surface area contributed by atoms with Crippen LogP contribution in [0.4, 0.5) is 18.9 Å². The van der Waals surface area contributed by atoms with Crippen LogP contribution in [0, 0.1) is 5.92 Å². The number of rotatable bonds is 5. The maximum atomic E-state index is 12.2. The molecular weight excluding hydrogens is 321 g/mol. The molecule has 9 heteroatoms. The average Bonchev–Trinajstić information content (AvgIpc) is 2.82. The lowest BCUT2D eigenvalue weighted by molar-refractivity contribution is -0.142. The number of carbonyl (C=O) groups is 1. The Morgan fingerprint density at radius 2 is 2.09 bits per heavy atom. The number of halogens is 4. The number of alkyl halides is 3. The molecule has 0 saturated carbocycles. The minimum atomic E-state index is -4.32. The second kappa shape index (κ2) is 8.38. The average molecular weight is 341 g/mol. The minimum absolute atomic E-state index is 0. The number of nitrogens with zero attached hydrogens (tertiary/aromatic N) is 2. The molecule has 5 nitrogen and oxygen atoms in total. The fourth-order valence-corrected chi connectivity index (χ4v) is 2.43. The molecule has 0 aliphatic carbocycles. The first-order valence-electron chi connectivity index (χ1n) is 7.02. The first kappa shape index (κ1) is 18.8. The van der Waals surface area contributed by atoms with E-state index in [-0.39, 0.29) is 18.3 Å². The zero-order valence-electron chi connectivity index (χ0n) is 12.0. The van der Waals surface area contributed by atoms with Crippen molar-refractivity contribution in [3.05, 3.63) is 12.4 Å². The van der Waals surface area contributed by atoms with E-state index in [2.05, 4.69) is 15.7 Å². The Kier molecular flexibility index (Phi) is 7.15. The van der Waals surface area contributed by atoms with Crippen molar-refractivity contribution in [2.45, 2.75) is 38.4 Å². The van der Waals surface area contributed by atoms with Crippen molar-refractivity contribution in [1.29, 1.82) is 0 Å². The van der Waals surface area contributed by atoms with Crippen molar-refractivity contribution in [2.24, 2.45) is 5.92 Å². The molecule has 0 aromatic carbocycles. The van der Waals surface area contributed by atoms with Crippen molar-refractivity contribution in [1.82, 2.24) is 15.1 Å². The summed E-state index contributed by atoms with van der Waals surface area (Å²) in [6.07, 6.45) is 1.43. The van der Waals surface area contributed by atoms with Crippen molar-refractivity contribution < 1.29 is 18.0 Å². The molecule has 0 unspecified atom stereocenters. The molecule has 1 aromatic rings. The molecule has 1 aromatic heterocycles. The molecule has 1 fully saturated rings. The van der Waals surface area contributed by atoms with Gasteiger partial charge in [-0.25, -0.2) is 0 Å². The van der Waals surface area contributed by atoms with Crippen LogP contribution < -0.4 is 10.6 Å². The van der Waals surface area contributed by atoms with Crippen LogP contribution in [0.25, 0.3) is 0 Å². The molecule has 22 heavy (non-hydrogen) atoms. The number of hydrogen-bond donors (Lipinski definition) is 2. The van der Waals surface area contributed by atoms with E-state index in [9.17, 15) is 18.0 Å². The summed E-state index contributed by atoms with van der Waals surface area (Å²) in [7, 11) is 0. The molecule has 1 aliphatic heterocycles. The molecule has 1 amide bonds. The zero-order valence-corrected chi connectivity index (χ0v) is 12.8. The third kappa shape index (κ3) is 6.65. The second-order valence-corrected chi connectivity index (χ2v) is 5.32. The number of piperidine rings is 1. The van der Waals surface area contributed by atoms with E-state index in [1.165, 1.54) is 12.4 Å². The van der Waals surface area contributed by atoms with E-state index in [0.29, 0.717) is 18.0 Å². The summed E-state index contributed by atoms with van der Waals surface area (Å²) in [6.45, 7) is 0.810. The van der Waals surface area contributed by atoms with Gasteiger partial charge < -0.3 is 10.6 Å². The standard InChI is InChI=1S/C13H19F3N4O.ClH/c14-13(15,16)9-20-8-11(7-18-20)19-12(21)2-1-10-3-5-17-6-4-10;/h7-8,10,17H,1-6,9H2,(H,19,21);1H. The lowest BCUT2D eigenvalue weighted by Gasteiger charge is -2.22. The maximum Gasteiger partial charge on any atom is 0.408 e. The predicted molar refractivity (Wildman–Crippen MR) is 79.0 cm³/mol. The van der Waals surface area contributed by atoms with Gasteiger partial charge in [0, 0.05) is 12.6 Å². The molecule has 2 rings (SSSR count). The second-order valence-electron chi connectivity index (χ2n) is 5.32. The topological polar surface area (TPSA) is 59.0 Å². The number of anilines is 1. The minimum Gasteiger partial charge on any atom is -0.323 e. The molecule has 0 radical (unpaired) electrons. The van der Waals surface area contributed by atoms with Crippen LogP contribution in [0.2, 0.25) is 0 Å². The van der Waals surface area contributed by atoms with E-state index in [1.54, 1.807) is 0 Å². The Balaban J connectivity index is 0.00000242. The normalized spacial score (nSPS) is 16.1. The highest BCUT2D eigenvalue weighted by molar-refractivity contribution is 5.90. The highest BCUT2D eigenvalue weighted by atomic mass is 35.5. The zero-order chi connectivity index (χ0) is 15.3. The lowest BCUT2D eigenvalue weighted by atomic mass is 9.93. The van der Waals surface area contributed by atoms with Crippen LogP contribution in [0.3, 0.4) is 0 Å². The summed E-state index contributed by atoms with van der Waals surface area (Å²) in [4.78, 5) is 11.8. The summed E-state index contributed by atoms with van der Waals surface area (Å²) in [5.41, 5.74) is 0.301. The first-order valence-corrected chi connectivity index (χ1v) is 7.02. The van der Waals surface area contributed by atoms with Crippen LogP contribution in [0.1, 0.15) is 25.7 Å². The first-order chi connectivity index (χ1) is 9.92. The van der Waals surface area contributed by atoms with Gasteiger partial charge in [-0.1, -0.05) is 0 Å². The molecule has 1 saturated heterocycles. The maximum absolute atomic E-state index is 12.2. The number of hydrogen-bond acceptors (Lipinski definition) is 3. The van der Waals surface area contributed by atoms with Crippen molar-refractivity contribution in [3.63, 3.8) is 0 Å². The Morgan fingerprint density at radius 1 is 1.41 bits per heavy atom. The number of aromatic nitrogens is 2. The van der Waals surface area contributed by atoms with Crippen molar-refractivity contribution in [2.75, 3.05) is 18.4 Å². The summed E-state index contributed by atoms with van der Waals surface area (Å²) in [6, 6.07) is 0. The van der Waals surface area contributed by atoms with Gasteiger partial charge in [0.15, 0.2) is 0 Å². The third-order valence-corrected chi connectivity index (χ3v) is 3.50. The summed E-state index contributed by atoms with van der Waals surface area (Å²) >= 11 is 0. The number of amides is 1. The fourth-order valence-electron chi connectivity index (χ4n) is 2.43. The third-order valence-electron chi connectivity index (χ3n) is 3.50. The van der Waals surface area contributed by atoms with Crippen LogP contribution >= 0.6 is 12.4 Å². The molecule has 0 spiro atoms. The molecule has 2 heterocycles. The summed E-state index contributed by atoms with van der Waals surface area (Å²) < 4.78 is 37.3. The highest BCUT2D eigenvalue weighted by Gasteiger charge is 2.28. The number of nitrogens with one attached hydrogen (secondary N) is 2. The van der Waals surface area contributed by atoms with Gasteiger partial charge in [-0.05, 0) is 38.3 Å². The molecule has 0 atom stereocenters. The van der Waals surface area contributed by atoms with Crippen molar-refractivity contribution in [3.8, 4) is 0 Å². The fraction of sp³-hybridized carbons (Fsp3) is 0.692.